The van der Waals surface area contributed by atoms with Crippen LogP contribution in [0.25, 0.3) is 32.9 Å². The summed E-state index contributed by atoms with van der Waals surface area (Å²) in [6.45, 7) is 3.59. The highest BCUT2D eigenvalue weighted by Crippen LogP contribution is 2.36. The van der Waals surface area contributed by atoms with Crippen LogP contribution < -0.4 is 10.2 Å². The Balaban J connectivity index is 2.13. The highest BCUT2D eigenvalue weighted by atomic mass is 16.5. The number of ether oxygens (including phenoxy) is 1. The maximum absolute atomic E-state index is 13.1. The van der Waals surface area contributed by atoms with Gasteiger partial charge >= 0.3 is 5.97 Å². The number of benzene rings is 2. The molecule has 7 nitrogen and oxygen atoms in total. The Kier molecular flexibility index (Phi) is 5.67. The summed E-state index contributed by atoms with van der Waals surface area (Å²) in [7, 11) is 1.50. The van der Waals surface area contributed by atoms with E-state index in [-0.39, 0.29) is 29.1 Å². The molecule has 0 fully saturated rings. The van der Waals surface area contributed by atoms with E-state index >= 15 is 0 Å². The summed E-state index contributed by atoms with van der Waals surface area (Å²) < 4.78 is 7.17. The number of carbonyl (C=O) groups is 1. The van der Waals surface area contributed by atoms with Crippen LogP contribution in [0.2, 0.25) is 0 Å². The van der Waals surface area contributed by atoms with Gasteiger partial charge in [0.2, 0.25) is 11.3 Å². The molecule has 32 heavy (non-hydrogen) atoms. The quantitative estimate of drug-likeness (QED) is 0.475. The number of carboxylic acids is 1. The van der Waals surface area contributed by atoms with Crippen molar-refractivity contribution in [3.8, 4) is 17.0 Å². The number of aliphatic hydroxyl groups excluding tert-OH is 1. The third-order valence-corrected chi connectivity index (χ3v) is 5.79. The molecule has 2 N–H and O–H groups in total. The number of hydrogen-bond acceptors (Lipinski definition) is 5. The van der Waals surface area contributed by atoms with E-state index in [1.807, 2.05) is 56.3 Å². The molecule has 2 aromatic heterocycles. The van der Waals surface area contributed by atoms with E-state index in [1.54, 1.807) is 10.6 Å². The lowest BCUT2D eigenvalue weighted by Crippen LogP contribution is -2.26. The predicted octanol–water partition coefficient (Wildman–Crippen LogP) is 4.11. The van der Waals surface area contributed by atoms with Gasteiger partial charge in [0.05, 0.1) is 25.1 Å². The Hall–Kier alpha value is -3.71. The molecule has 7 heteroatoms. The van der Waals surface area contributed by atoms with Crippen molar-refractivity contribution >= 4 is 27.8 Å². The Morgan fingerprint density at radius 2 is 1.81 bits per heavy atom. The molecule has 4 rings (SSSR count). The number of fused-ring (bicyclic) bond motifs is 2. The van der Waals surface area contributed by atoms with Crippen LogP contribution in [0.4, 0.5) is 0 Å². The molecule has 0 saturated heterocycles. The zero-order valence-electron chi connectivity index (χ0n) is 18.1. The molecule has 0 radical (unpaired) electrons. The smallest absolute Gasteiger partial charge is 0.341 e. The summed E-state index contributed by atoms with van der Waals surface area (Å²) in [6.07, 6.45) is 1.26. The van der Waals surface area contributed by atoms with Crippen LogP contribution >= 0.6 is 0 Å². The van der Waals surface area contributed by atoms with Gasteiger partial charge in [0, 0.05) is 11.8 Å². The first-order chi connectivity index (χ1) is 15.4. The Morgan fingerprint density at radius 1 is 1.09 bits per heavy atom. The van der Waals surface area contributed by atoms with Gasteiger partial charge in [0.25, 0.3) is 0 Å². The van der Waals surface area contributed by atoms with Crippen LogP contribution in [-0.4, -0.2) is 39.5 Å². The van der Waals surface area contributed by atoms with Crippen molar-refractivity contribution in [2.24, 2.45) is 5.92 Å². The second-order valence-electron chi connectivity index (χ2n) is 8.02. The van der Waals surface area contributed by atoms with Gasteiger partial charge in [-0.05, 0) is 28.3 Å². The molecule has 0 aliphatic carbocycles. The Bertz CT molecular complexity index is 1390. The van der Waals surface area contributed by atoms with E-state index in [0.717, 1.165) is 16.3 Å². The molecule has 0 unspecified atom stereocenters. The minimum absolute atomic E-state index is 0.0297. The van der Waals surface area contributed by atoms with Crippen molar-refractivity contribution in [2.75, 3.05) is 13.7 Å². The highest BCUT2D eigenvalue weighted by Gasteiger charge is 2.24. The fourth-order valence-corrected chi connectivity index (χ4v) is 4.09. The molecule has 0 saturated carbocycles. The van der Waals surface area contributed by atoms with Crippen molar-refractivity contribution in [3.05, 3.63) is 70.5 Å². The monoisotopic (exact) mass is 432 g/mol. The first kappa shape index (κ1) is 21.5. The maximum atomic E-state index is 13.1. The number of carboxylic acid groups (broad SMARTS) is 1. The molecule has 0 amide bonds. The summed E-state index contributed by atoms with van der Waals surface area (Å²) in [5.74, 6) is -1.04. The number of nitrogens with zero attached hydrogens (tertiary/aromatic N) is 2. The number of aromatic nitrogens is 2. The van der Waals surface area contributed by atoms with E-state index in [4.69, 9.17) is 4.74 Å². The Morgan fingerprint density at radius 3 is 2.47 bits per heavy atom. The summed E-state index contributed by atoms with van der Waals surface area (Å²) in [6, 6.07) is 14.8. The van der Waals surface area contributed by atoms with Crippen LogP contribution in [0, 0.1) is 5.92 Å². The molecule has 164 valence electrons. The van der Waals surface area contributed by atoms with Crippen LogP contribution in [0.15, 0.2) is 59.5 Å². The predicted molar refractivity (Wildman–Crippen MR) is 123 cm³/mol. The first-order valence-electron chi connectivity index (χ1n) is 10.3. The third kappa shape index (κ3) is 3.50. The number of pyridine rings is 2. The fourth-order valence-electron chi connectivity index (χ4n) is 4.09. The van der Waals surface area contributed by atoms with Gasteiger partial charge < -0.3 is 19.5 Å². The van der Waals surface area contributed by atoms with Gasteiger partial charge in [0.15, 0.2) is 0 Å². The molecular formula is C25H24N2O5. The topological polar surface area (TPSA) is 102 Å². The SMILES string of the molecule is COc1nc2c(cc1-c1cccc3ccccc13)c(=O)c(C(=O)O)cn2[C@H](CO)C(C)C. The molecule has 0 aliphatic rings. The number of aromatic carboxylic acids is 1. The number of aliphatic hydroxyl groups is 1. The van der Waals surface area contributed by atoms with Crippen molar-refractivity contribution < 1.29 is 19.7 Å². The maximum Gasteiger partial charge on any atom is 0.341 e. The third-order valence-electron chi connectivity index (χ3n) is 5.79. The second kappa shape index (κ2) is 8.43. The van der Waals surface area contributed by atoms with E-state index in [0.29, 0.717) is 11.4 Å². The minimum atomic E-state index is -1.33. The normalized spacial score (nSPS) is 12.4. The molecule has 2 heterocycles. The number of rotatable bonds is 6. The van der Waals surface area contributed by atoms with Crippen LogP contribution in [0.5, 0.6) is 5.88 Å². The van der Waals surface area contributed by atoms with Crippen molar-refractivity contribution in [1.82, 2.24) is 9.55 Å². The fraction of sp³-hybridized carbons (Fsp3) is 0.240. The van der Waals surface area contributed by atoms with Gasteiger partial charge in [-0.3, -0.25) is 4.79 Å². The largest absolute Gasteiger partial charge is 0.480 e. The van der Waals surface area contributed by atoms with Crippen molar-refractivity contribution in [2.45, 2.75) is 19.9 Å². The van der Waals surface area contributed by atoms with Gasteiger partial charge in [-0.2, -0.15) is 4.98 Å². The molecule has 0 aliphatic heterocycles. The zero-order chi connectivity index (χ0) is 23.0. The van der Waals surface area contributed by atoms with Crippen LogP contribution in [0.3, 0.4) is 0 Å². The molecule has 1 atom stereocenters. The minimum Gasteiger partial charge on any atom is -0.480 e. The standard InChI is InChI=1S/C25H24N2O5/c1-14(2)21(13-28)27-12-20(25(30)31)22(29)19-11-18(24(32-3)26-23(19)27)17-10-6-8-15-7-4-5-9-16(15)17/h4-12,14,21,28H,13H2,1-3H3,(H,30,31)/t21-/m1/s1. The Labute approximate surface area is 184 Å². The highest BCUT2D eigenvalue weighted by molar-refractivity contribution is 6.00. The van der Waals surface area contributed by atoms with E-state index in [9.17, 15) is 19.8 Å². The summed E-state index contributed by atoms with van der Waals surface area (Å²) in [4.78, 5) is 29.6. The van der Waals surface area contributed by atoms with E-state index < -0.39 is 17.4 Å². The number of hydrogen-bond donors (Lipinski definition) is 2. The first-order valence-corrected chi connectivity index (χ1v) is 10.3. The van der Waals surface area contributed by atoms with Gasteiger partial charge in [0.1, 0.15) is 11.2 Å². The number of methoxy groups -OCH3 is 1. The molecule has 2 aromatic carbocycles. The molecule has 4 aromatic rings. The van der Waals surface area contributed by atoms with Crippen LogP contribution in [-0.2, 0) is 0 Å². The van der Waals surface area contributed by atoms with Crippen molar-refractivity contribution in [1.29, 1.82) is 0 Å². The molecular weight excluding hydrogens is 408 g/mol. The summed E-state index contributed by atoms with van der Waals surface area (Å²) >= 11 is 0. The lowest BCUT2D eigenvalue weighted by atomic mass is 9.97. The average Bonchev–Trinajstić information content (AvgIpc) is 2.79. The second-order valence-corrected chi connectivity index (χ2v) is 8.02. The van der Waals surface area contributed by atoms with Gasteiger partial charge in [-0.1, -0.05) is 56.3 Å². The lowest BCUT2D eigenvalue weighted by Gasteiger charge is -2.24. The molecule has 0 spiro atoms. The van der Waals surface area contributed by atoms with E-state index in [1.165, 1.54) is 13.3 Å². The zero-order valence-corrected chi connectivity index (χ0v) is 18.1. The summed E-state index contributed by atoms with van der Waals surface area (Å²) in [5.41, 5.74) is 0.693. The lowest BCUT2D eigenvalue weighted by molar-refractivity contribution is 0.0694. The summed E-state index contributed by atoms with van der Waals surface area (Å²) in [5, 5.41) is 21.8. The molecule has 0 bridgehead atoms. The van der Waals surface area contributed by atoms with Crippen molar-refractivity contribution in [3.63, 3.8) is 0 Å². The van der Waals surface area contributed by atoms with Gasteiger partial charge in [-0.15, -0.1) is 0 Å². The average molecular weight is 432 g/mol. The van der Waals surface area contributed by atoms with Gasteiger partial charge in [-0.25, -0.2) is 4.79 Å². The van der Waals surface area contributed by atoms with E-state index in [2.05, 4.69) is 4.98 Å². The van der Waals surface area contributed by atoms with Crippen LogP contribution in [0.1, 0.15) is 30.2 Å².